The molecule has 0 aliphatic carbocycles. The van der Waals surface area contributed by atoms with Crippen molar-refractivity contribution in [1.29, 1.82) is 0 Å². The van der Waals surface area contributed by atoms with Gasteiger partial charge in [-0.1, -0.05) is 0 Å². The van der Waals surface area contributed by atoms with Crippen LogP contribution < -0.4 is 5.73 Å². The Morgan fingerprint density at radius 1 is 1.45 bits per heavy atom. The van der Waals surface area contributed by atoms with Crippen molar-refractivity contribution in [1.82, 2.24) is 9.55 Å². The maximum atomic E-state index is 14.0. The summed E-state index contributed by atoms with van der Waals surface area (Å²) in [6.45, 7) is 3.31. The Kier molecular flexibility index (Phi) is 3.69. The average molecular weight is 302 g/mol. The summed E-state index contributed by atoms with van der Waals surface area (Å²) < 4.78 is 28.8. The Morgan fingerprint density at radius 3 is 2.65 bits per heavy atom. The minimum absolute atomic E-state index is 0.00465. The van der Waals surface area contributed by atoms with Crippen molar-refractivity contribution in [2.75, 3.05) is 0 Å². The molecule has 0 saturated carbocycles. The lowest BCUT2D eigenvalue weighted by molar-refractivity contribution is -0.126. The van der Waals surface area contributed by atoms with Crippen molar-refractivity contribution < 1.29 is 13.6 Å². The third-order valence-corrected chi connectivity index (χ3v) is 3.46. The van der Waals surface area contributed by atoms with Gasteiger partial charge in [-0.3, -0.25) is 4.79 Å². The highest BCUT2D eigenvalue weighted by Gasteiger charge is 2.28. The Bertz CT molecular complexity index is 682. The largest absolute Gasteiger partial charge is 0.369 e. The van der Waals surface area contributed by atoms with Gasteiger partial charge in [0.2, 0.25) is 5.91 Å². The number of carbonyl (C=O) groups excluding carboxylic acids is 1. The zero-order valence-corrected chi connectivity index (χ0v) is 11.8. The van der Waals surface area contributed by atoms with Gasteiger partial charge in [-0.15, -0.1) is 11.6 Å². The van der Waals surface area contributed by atoms with Crippen LogP contribution in [-0.2, 0) is 17.2 Å². The quantitative estimate of drug-likeness (QED) is 0.882. The number of hydrogen-bond acceptors (Lipinski definition) is 2. The fourth-order valence-corrected chi connectivity index (χ4v) is 2.15. The molecule has 1 aromatic carbocycles. The maximum absolute atomic E-state index is 14.0. The highest BCUT2D eigenvalue weighted by molar-refractivity contribution is 6.16. The topological polar surface area (TPSA) is 60.9 Å². The van der Waals surface area contributed by atoms with Gasteiger partial charge < -0.3 is 10.3 Å². The monoisotopic (exact) mass is 301 g/mol. The van der Waals surface area contributed by atoms with Gasteiger partial charge in [0.15, 0.2) is 11.6 Å². The van der Waals surface area contributed by atoms with Crippen LogP contribution in [0.4, 0.5) is 8.78 Å². The van der Waals surface area contributed by atoms with Crippen molar-refractivity contribution in [2.24, 2.45) is 11.1 Å². The molecule has 2 N–H and O–H groups in total. The molecule has 1 amide bonds. The number of alkyl halides is 1. The second-order valence-corrected chi connectivity index (χ2v) is 5.49. The summed E-state index contributed by atoms with van der Waals surface area (Å²) in [5.41, 5.74) is 4.67. The van der Waals surface area contributed by atoms with E-state index >= 15 is 0 Å². The van der Waals surface area contributed by atoms with E-state index in [4.69, 9.17) is 17.3 Å². The molecular weight excluding hydrogens is 288 g/mol. The predicted molar refractivity (Wildman–Crippen MR) is 72.2 cm³/mol. The summed E-state index contributed by atoms with van der Waals surface area (Å²) in [5, 5.41) is 0. The number of nitrogens with zero attached hydrogens (tertiary/aromatic N) is 2. The summed E-state index contributed by atoms with van der Waals surface area (Å²) in [6, 6.07) is 2.38. The first kappa shape index (κ1) is 14.7. The Balaban J connectivity index is 2.67. The predicted octanol–water partition coefficient (Wildman–Crippen LogP) is 2.56. The number of amides is 1. The highest BCUT2D eigenvalue weighted by atomic mass is 35.5. The van der Waals surface area contributed by atoms with Crippen LogP contribution in [0.15, 0.2) is 12.1 Å². The van der Waals surface area contributed by atoms with Crippen LogP contribution in [0.2, 0.25) is 0 Å². The lowest BCUT2D eigenvalue weighted by Crippen LogP contribution is -2.35. The zero-order chi connectivity index (χ0) is 15.1. The summed E-state index contributed by atoms with van der Waals surface area (Å²) >= 11 is 5.79. The molecule has 0 bridgehead atoms. The molecule has 0 radical (unpaired) electrons. The standard InChI is InChI=1S/C13H14ClF2N3O/c1-13(2,12(17)20)6-19-9(5-14)18-8-4-3-7(15)10(16)11(8)19/h3-4H,5-6H2,1-2H3,(H2,17,20). The van der Waals surface area contributed by atoms with E-state index in [2.05, 4.69) is 4.98 Å². The van der Waals surface area contributed by atoms with E-state index in [1.54, 1.807) is 13.8 Å². The number of halogens is 3. The molecule has 1 heterocycles. The number of aromatic nitrogens is 2. The molecule has 0 atom stereocenters. The smallest absolute Gasteiger partial charge is 0.224 e. The SMILES string of the molecule is CC(C)(Cn1c(CCl)nc2ccc(F)c(F)c21)C(N)=O. The second-order valence-electron chi connectivity index (χ2n) is 5.23. The zero-order valence-electron chi connectivity index (χ0n) is 11.1. The molecule has 0 aliphatic rings. The van der Waals surface area contributed by atoms with Crippen molar-refractivity contribution in [3.8, 4) is 0 Å². The van der Waals surface area contributed by atoms with Gasteiger partial charge in [-0.25, -0.2) is 13.8 Å². The van der Waals surface area contributed by atoms with Gasteiger partial charge >= 0.3 is 0 Å². The second kappa shape index (κ2) is 5.01. The van der Waals surface area contributed by atoms with Crippen LogP contribution in [0.5, 0.6) is 0 Å². The van der Waals surface area contributed by atoms with Crippen LogP contribution in [0, 0.1) is 17.0 Å². The summed E-state index contributed by atoms with van der Waals surface area (Å²) in [4.78, 5) is 15.6. The van der Waals surface area contributed by atoms with E-state index in [0.29, 0.717) is 11.3 Å². The molecule has 0 aliphatic heterocycles. The molecule has 0 fully saturated rings. The summed E-state index contributed by atoms with van der Waals surface area (Å²) in [7, 11) is 0. The molecule has 2 aromatic rings. The number of imidazole rings is 1. The van der Waals surface area contributed by atoms with E-state index in [9.17, 15) is 13.6 Å². The maximum Gasteiger partial charge on any atom is 0.224 e. The molecule has 0 saturated heterocycles. The van der Waals surface area contributed by atoms with E-state index in [-0.39, 0.29) is 17.9 Å². The summed E-state index contributed by atoms with van der Waals surface area (Å²) in [6.07, 6.45) is 0. The van der Waals surface area contributed by atoms with Crippen LogP contribution in [0.1, 0.15) is 19.7 Å². The number of rotatable bonds is 4. The normalized spacial score (nSPS) is 12.1. The van der Waals surface area contributed by atoms with E-state index in [1.165, 1.54) is 10.6 Å². The fourth-order valence-electron chi connectivity index (χ4n) is 1.95. The molecule has 7 heteroatoms. The van der Waals surface area contributed by atoms with Gasteiger partial charge in [0, 0.05) is 6.54 Å². The van der Waals surface area contributed by atoms with E-state index < -0.39 is 23.0 Å². The Morgan fingerprint density at radius 2 is 2.10 bits per heavy atom. The van der Waals surface area contributed by atoms with Crippen molar-refractivity contribution in [2.45, 2.75) is 26.3 Å². The lowest BCUT2D eigenvalue weighted by atomic mass is 9.92. The number of benzene rings is 1. The number of carbonyl (C=O) groups is 1. The molecule has 2 rings (SSSR count). The molecule has 1 aromatic heterocycles. The third kappa shape index (κ3) is 2.35. The Labute approximate surface area is 119 Å². The number of primary amides is 1. The minimum atomic E-state index is -1.01. The van der Waals surface area contributed by atoms with Crippen molar-refractivity contribution in [3.63, 3.8) is 0 Å². The van der Waals surface area contributed by atoms with Gasteiger partial charge in [-0.05, 0) is 26.0 Å². The average Bonchev–Trinajstić information content (AvgIpc) is 2.72. The number of fused-ring (bicyclic) bond motifs is 1. The molecule has 0 unspecified atom stereocenters. The number of hydrogen-bond donors (Lipinski definition) is 1. The molecular formula is C13H14ClF2N3O. The minimum Gasteiger partial charge on any atom is -0.369 e. The van der Waals surface area contributed by atoms with E-state index in [0.717, 1.165) is 6.07 Å². The molecule has 108 valence electrons. The van der Waals surface area contributed by atoms with Crippen LogP contribution in [0.25, 0.3) is 11.0 Å². The third-order valence-electron chi connectivity index (χ3n) is 3.22. The molecule has 0 spiro atoms. The van der Waals surface area contributed by atoms with Crippen molar-refractivity contribution in [3.05, 3.63) is 29.6 Å². The first-order valence-corrected chi connectivity index (χ1v) is 6.50. The Hall–Kier alpha value is -1.69. The molecule has 20 heavy (non-hydrogen) atoms. The van der Waals surface area contributed by atoms with Crippen molar-refractivity contribution >= 4 is 28.5 Å². The first-order chi connectivity index (χ1) is 9.27. The van der Waals surface area contributed by atoms with Crippen LogP contribution in [-0.4, -0.2) is 15.5 Å². The molecule has 4 nitrogen and oxygen atoms in total. The van der Waals surface area contributed by atoms with Gasteiger partial charge in [0.05, 0.1) is 16.8 Å². The van der Waals surface area contributed by atoms with E-state index in [1.807, 2.05) is 0 Å². The van der Waals surface area contributed by atoms with Crippen LogP contribution >= 0.6 is 11.6 Å². The first-order valence-electron chi connectivity index (χ1n) is 5.97. The van der Waals surface area contributed by atoms with Gasteiger partial charge in [0.1, 0.15) is 11.3 Å². The fraction of sp³-hybridized carbons (Fsp3) is 0.385. The van der Waals surface area contributed by atoms with Gasteiger partial charge in [0.25, 0.3) is 0 Å². The highest BCUT2D eigenvalue weighted by Crippen LogP contribution is 2.27. The van der Waals surface area contributed by atoms with Crippen LogP contribution in [0.3, 0.4) is 0 Å². The lowest BCUT2D eigenvalue weighted by Gasteiger charge is -2.22. The number of nitrogens with two attached hydrogens (primary N) is 1. The summed E-state index contributed by atoms with van der Waals surface area (Å²) in [5.74, 6) is -2.15. The van der Waals surface area contributed by atoms with Gasteiger partial charge in [-0.2, -0.15) is 0 Å².